The minimum absolute atomic E-state index is 0.0939. The molecule has 1 rings (SSSR count). The Morgan fingerprint density at radius 3 is 2.31 bits per heavy atom. The zero-order chi connectivity index (χ0) is 21.9. The maximum atomic E-state index is 11.6. The van der Waals surface area contributed by atoms with E-state index >= 15 is 0 Å². The average Bonchev–Trinajstić information content (AvgIpc) is 2.69. The molecule has 0 aliphatic carbocycles. The number of benzene rings is 1. The zero-order valence-electron chi connectivity index (χ0n) is 16.9. The lowest BCUT2D eigenvalue weighted by Crippen LogP contribution is -2.41. The van der Waals surface area contributed by atoms with E-state index in [0.717, 1.165) is 38.2 Å². The highest BCUT2D eigenvalue weighted by molar-refractivity contribution is 5.67. The molecule has 1 aromatic rings. The Bertz CT molecular complexity index is 575. The quantitative estimate of drug-likeness (QED) is 0.415. The molecule has 1 aromatic carbocycles. The fraction of sp³-hybridized carbons (Fsp3) is 0.550. The monoisotopic (exact) mass is 412 g/mol. The van der Waals surface area contributed by atoms with Crippen LogP contribution < -0.4 is 10.4 Å². The fourth-order valence-corrected chi connectivity index (χ4v) is 1.97. The van der Waals surface area contributed by atoms with Crippen molar-refractivity contribution in [2.24, 2.45) is 0 Å². The van der Waals surface area contributed by atoms with Gasteiger partial charge in [-0.15, -0.1) is 0 Å². The van der Waals surface area contributed by atoms with Gasteiger partial charge >= 0.3 is 12.2 Å². The van der Waals surface area contributed by atoms with E-state index in [9.17, 15) is 14.7 Å². The number of nitrogens with one attached hydrogen (secondary N) is 1. The van der Waals surface area contributed by atoms with E-state index in [1.165, 1.54) is 0 Å². The van der Waals surface area contributed by atoms with Gasteiger partial charge in [0.25, 0.3) is 0 Å². The Morgan fingerprint density at radius 2 is 1.72 bits per heavy atom. The number of hydrogen-bond donors (Lipinski definition) is 2. The molecule has 0 spiro atoms. The molecule has 0 fully saturated rings. The smallest absolute Gasteiger partial charge is 0.508 e. The predicted octanol–water partition coefficient (Wildman–Crippen LogP) is 1.76. The van der Waals surface area contributed by atoms with Crippen LogP contribution in [0.15, 0.2) is 30.3 Å². The Hall–Kier alpha value is -2.81. The highest BCUT2D eigenvalue weighted by atomic mass is 16.7. The van der Waals surface area contributed by atoms with Crippen LogP contribution in [0.2, 0.25) is 0 Å². The number of aliphatic hydroxyl groups excluding tert-OH is 1. The minimum Gasteiger partial charge on any atom is -0.550 e. The van der Waals surface area contributed by atoms with Crippen LogP contribution in [-0.2, 0) is 25.6 Å². The third-order valence-electron chi connectivity index (χ3n) is 3.38. The van der Waals surface area contributed by atoms with Gasteiger partial charge in [0.05, 0.1) is 19.3 Å². The standard InChI is InChI=1S/C18H27NO6.C2H4O2/c1-2-3-4-8-11-23-17(21)19-16(12-20)14-25-18(22)24-13-15-9-6-5-7-10-15;1-2(3)4/h5-7,9-10,16,20H,2-4,8,11-14H2,1H3,(H,19,21);1H3,(H,3,4)/p-1. The number of carbonyl (C=O) groups excluding carboxylic acids is 3. The van der Waals surface area contributed by atoms with E-state index in [1.54, 1.807) is 0 Å². The summed E-state index contributed by atoms with van der Waals surface area (Å²) in [6.07, 6.45) is 2.50. The second-order valence-electron chi connectivity index (χ2n) is 6.05. The molecule has 0 radical (unpaired) electrons. The van der Waals surface area contributed by atoms with Crippen LogP contribution in [0.3, 0.4) is 0 Å². The summed E-state index contributed by atoms with van der Waals surface area (Å²) in [7, 11) is 0. The molecule has 164 valence electrons. The highest BCUT2D eigenvalue weighted by Gasteiger charge is 2.15. The number of aliphatic hydroxyl groups is 1. The van der Waals surface area contributed by atoms with Crippen LogP contribution in [-0.4, -0.2) is 49.2 Å². The Balaban J connectivity index is 0.00000178. The largest absolute Gasteiger partial charge is 0.550 e. The molecular weight excluding hydrogens is 382 g/mol. The maximum Gasteiger partial charge on any atom is 0.508 e. The first-order valence-electron chi connectivity index (χ1n) is 9.44. The van der Waals surface area contributed by atoms with Crippen LogP contribution in [0.25, 0.3) is 0 Å². The zero-order valence-corrected chi connectivity index (χ0v) is 16.9. The molecule has 1 atom stereocenters. The summed E-state index contributed by atoms with van der Waals surface area (Å²) in [5.74, 6) is -1.08. The number of hydrogen-bond acceptors (Lipinski definition) is 8. The van der Waals surface area contributed by atoms with E-state index in [4.69, 9.17) is 24.1 Å². The van der Waals surface area contributed by atoms with Gasteiger partial charge in [0, 0.05) is 5.97 Å². The number of amides is 1. The molecule has 0 saturated carbocycles. The van der Waals surface area contributed by atoms with Gasteiger partial charge < -0.3 is 34.5 Å². The number of carboxylic acid groups (broad SMARTS) is 1. The SMILES string of the molecule is CC(=O)[O-].CCCCCCOC(=O)NC(CO)COC(=O)OCc1ccccc1. The molecule has 2 N–H and O–H groups in total. The van der Waals surface area contributed by atoms with Crippen molar-refractivity contribution in [2.45, 2.75) is 52.2 Å². The molecule has 9 heteroatoms. The van der Waals surface area contributed by atoms with Gasteiger partial charge in [-0.1, -0.05) is 56.5 Å². The number of aliphatic carboxylic acids is 1. The van der Waals surface area contributed by atoms with Gasteiger partial charge in [-0.3, -0.25) is 0 Å². The predicted molar refractivity (Wildman–Crippen MR) is 103 cm³/mol. The van der Waals surface area contributed by atoms with Crippen molar-refractivity contribution < 1.29 is 38.8 Å². The summed E-state index contributed by atoms with van der Waals surface area (Å²) >= 11 is 0. The first kappa shape index (κ1) is 26.2. The second-order valence-corrected chi connectivity index (χ2v) is 6.05. The lowest BCUT2D eigenvalue weighted by molar-refractivity contribution is -0.302. The first-order chi connectivity index (χ1) is 13.9. The van der Waals surface area contributed by atoms with Gasteiger partial charge in [0.1, 0.15) is 13.2 Å². The van der Waals surface area contributed by atoms with Crippen LogP contribution in [0.4, 0.5) is 9.59 Å². The minimum atomic E-state index is -1.08. The molecule has 0 heterocycles. The summed E-state index contributed by atoms with van der Waals surface area (Å²) in [6.45, 7) is 2.91. The van der Waals surface area contributed by atoms with E-state index in [0.29, 0.717) is 6.61 Å². The summed E-state index contributed by atoms with van der Waals surface area (Å²) in [4.78, 5) is 32.0. The summed E-state index contributed by atoms with van der Waals surface area (Å²) in [5.41, 5.74) is 0.836. The molecule has 0 aliphatic heterocycles. The molecule has 1 amide bonds. The fourth-order valence-electron chi connectivity index (χ4n) is 1.97. The van der Waals surface area contributed by atoms with Gasteiger partial charge in [0.15, 0.2) is 0 Å². The van der Waals surface area contributed by atoms with Crippen molar-refractivity contribution in [1.82, 2.24) is 5.32 Å². The average molecular weight is 412 g/mol. The number of carboxylic acids is 1. The van der Waals surface area contributed by atoms with E-state index < -0.39 is 24.3 Å². The lowest BCUT2D eigenvalue weighted by atomic mass is 10.2. The van der Waals surface area contributed by atoms with E-state index in [1.807, 2.05) is 30.3 Å². The van der Waals surface area contributed by atoms with Crippen molar-refractivity contribution >= 4 is 18.2 Å². The molecule has 0 saturated heterocycles. The van der Waals surface area contributed by atoms with Crippen molar-refractivity contribution in [3.8, 4) is 0 Å². The molecule has 0 bridgehead atoms. The van der Waals surface area contributed by atoms with E-state index in [-0.39, 0.29) is 19.8 Å². The molecule has 1 unspecified atom stereocenters. The summed E-state index contributed by atoms with van der Waals surface area (Å²) < 4.78 is 14.8. The summed E-state index contributed by atoms with van der Waals surface area (Å²) in [5, 5.41) is 20.6. The molecular formula is C20H30NO8-. The number of ether oxygens (including phenoxy) is 3. The number of rotatable bonds is 11. The van der Waals surface area contributed by atoms with Gasteiger partial charge in [0.2, 0.25) is 0 Å². The third-order valence-corrected chi connectivity index (χ3v) is 3.38. The van der Waals surface area contributed by atoms with E-state index in [2.05, 4.69) is 12.2 Å². The highest BCUT2D eigenvalue weighted by Crippen LogP contribution is 2.02. The third kappa shape index (κ3) is 17.0. The molecule has 0 aromatic heterocycles. The van der Waals surface area contributed by atoms with Crippen LogP contribution in [0.5, 0.6) is 0 Å². The van der Waals surface area contributed by atoms with Crippen LogP contribution in [0.1, 0.15) is 45.1 Å². The van der Waals surface area contributed by atoms with Crippen molar-refractivity contribution in [3.05, 3.63) is 35.9 Å². The van der Waals surface area contributed by atoms with Gasteiger partial charge in [-0.05, 0) is 18.9 Å². The molecule has 0 aliphatic rings. The van der Waals surface area contributed by atoms with Crippen molar-refractivity contribution in [2.75, 3.05) is 19.8 Å². The Kier molecular flexibility index (Phi) is 15.6. The topological polar surface area (TPSA) is 134 Å². The Morgan fingerprint density at radius 1 is 1.07 bits per heavy atom. The first-order valence-corrected chi connectivity index (χ1v) is 9.44. The van der Waals surface area contributed by atoms with Crippen molar-refractivity contribution in [1.29, 1.82) is 0 Å². The second kappa shape index (κ2) is 17.3. The van der Waals surface area contributed by atoms with Crippen LogP contribution >= 0.6 is 0 Å². The molecule has 29 heavy (non-hydrogen) atoms. The van der Waals surface area contributed by atoms with Crippen LogP contribution in [0, 0.1) is 0 Å². The molecule has 9 nitrogen and oxygen atoms in total. The van der Waals surface area contributed by atoms with Gasteiger partial charge in [-0.2, -0.15) is 0 Å². The van der Waals surface area contributed by atoms with Gasteiger partial charge in [-0.25, -0.2) is 9.59 Å². The maximum absolute atomic E-state index is 11.6. The lowest BCUT2D eigenvalue weighted by Gasteiger charge is -2.16. The number of unbranched alkanes of at least 4 members (excludes halogenated alkanes) is 3. The normalized spacial score (nSPS) is 10.7. The number of carbonyl (C=O) groups is 3. The Labute approximate surface area is 171 Å². The van der Waals surface area contributed by atoms with Crippen molar-refractivity contribution in [3.63, 3.8) is 0 Å². The number of alkyl carbamates (subject to hydrolysis) is 1. The summed E-state index contributed by atoms with van der Waals surface area (Å²) in [6, 6.07) is 8.44.